The number of carbonyl (C=O) groups excluding carboxylic acids is 2. The first kappa shape index (κ1) is 22.2. The second-order valence-corrected chi connectivity index (χ2v) is 7.90. The predicted molar refractivity (Wildman–Crippen MR) is 117 cm³/mol. The molecule has 168 valence electrons. The number of rotatable bonds is 9. The van der Waals surface area contributed by atoms with Gasteiger partial charge in [0.05, 0.1) is 43.3 Å². The summed E-state index contributed by atoms with van der Waals surface area (Å²) in [5, 5.41) is 0.709. The molecule has 0 bridgehead atoms. The number of ether oxygens (including phenoxy) is 2. The van der Waals surface area contributed by atoms with E-state index >= 15 is 0 Å². The second-order valence-electron chi connectivity index (χ2n) is 7.13. The van der Waals surface area contributed by atoms with Gasteiger partial charge in [0.15, 0.2) is 0 Å². The lowest BCUT2D eigenvalue weighted by Crippen LogP contribution is -2.23. The van der Waals surface area contributed by atoms with Gasteiger partial charge < -0.3 is 18.8 Å². The summed E-state index contributed by atoms with van der Waals surface area (Å²) in [5.74, 6) is 1.32. The summed E-state index contributed by atoms with van der Waals surface area (Å²) in [6, 6.07) is 12.3. The lowest BCUT2D eigenvalue weighted by molar-refractivity contribution is -0.160. The molecule has 0 saturated carbocycles. The normalized spacial score (nSPS) is 13.7. The number of nitrogens with zero attached hydrogens (tertiary/aromatic N) is 1. The predicted octanol–water partition coefficient (Wildman–Crippen LogP) is 5.11. The Balaban J connectivity index is 1.64. The van der Waals surface area contributed by atoms with Crippen molar-refractivity contribution in [1.29, 1.82) is 0 Å². The monoisotopic (exact) mass is 457 g/mol. The molecule has 32 heavy (non-hydrogen) atoms. The van der Waals surface area contributed by atoms with Gasteiger partial charge in [0.25, 0.3) is 0 Å². The maximum absolute atomic E-state index is 12.4. The summed E-state index contributed by atoms with van der Waals surface area (Å²) in [7, 11) is 1.44. The fourth-order valence-corrected chi connectivity index (χ4v) is 3.87. The molecule has 9 heteroatoms. The Hall–Kier alpha value is -3.01. The van der Waals surface area contributed by atoms with E-state index in [0.29, 0.717) is 53.3 Å². The van der Waals surface area contributed by atoms with E-state index in [9.17, 15) is 9.59 Å². The summed E-state index contributed by atoms with van der Waals surface area (Å²) in [6.07, 6.45) is 1.41. The molecule has 4 rings (SSSR count). The average Bonchev–Trinajstić information content (AvgIpc) is 3.39. The van der Waals surface area contributed by atoms with Crippen molar-refractivity contribution >= 4 is 34.9 Å². The number of esters is 1. The van der Waals surface area contributed by atoms with Crippen molar-refractivity contribution in [2.45, 2.75) is 31.2 Å². The van der Waals surface area contributed by atoms with Crippen LogP contribution in [0, 0.1) is 0 Å². The Morgan fingerprint density at radius 3 is 2.69 bits per heavy atom. The largest absolute Gasteiger partial charge is 0.462 e. The van der Waals surface area contributed by atoms with E-state index in [4.69, 9.17) is 18.2 Å². The highest BCUT2D eigenvalue weighted by molar-refractivity contribution is 7.94. The van der Waals surface area contributed by atoms with E-state index in [1.165, 1.54) is 7.11 Å². The van der Waals surface area contributed by atoms with Crippen molar-refractivity contribution in [2.24, 2.45) is 0 Å². The highest BCUT2D eigenvalue weighted by Gasteiger charge is 2.23. The fourth-order valence-electron chi connectivity index (χ4n) is 3.48. The third kappa shape index (κ3) is 5.07. The minimum Gasteiger partial charge on any atom is -0.462 e. The third-order valence-corrected chi connectivity index (χ3v) is 5.60. The topological polar surface area (TPSA) is 87.4 Å². The van der Waals surface area contributed by atoms with Gasteiger partial charge in [-0.25, -0.2) is 9.68 Å². The molecule has 1 aliphatic rings. The molecule has 1 aliphatic heterocycles. The SMILES string of the molecule is CCOC(=O)c1cc(Oc2ccc(SOOC)cc2)c2cc(CN3CCCC3=O)oc2c1. The van der Waals surface area contributed by atoms with E-state index in [-0.39, 0.29) is 12.5 Å². The van der Waals surface area contributed by atoms with E-state index < -0.39 is 5.97 Å². The van der Waals surface area contributed by atoms with Crippen LogP contribution < -0.4 is 4.74 Å². The molecule has 0 radical (unpaired) electrons. The van der Waals surface area contributed by atoms with Crippen LogP contribution in [0.4, 0.5) is 0 Å². The first-order chi connectivity index (χ1) is 15.6. The van der Waals surface area contributed by atoms with E-state index in [1.807, 2.05) is 18.2 Å². The van der Waals surface area contributed by atoms with Crippen molar-refractivity contribution in [3.8, 4) is 11.5 Å². The zero-order valence-corrected chi connectivity index (χ0v) is 18.6. The first-order valence-electron chi connectivity index (χ1n) is 10.2. The van der Waals surface area contributed by atoms with Gasteiger partial charge in [0.1, 0.15) is 22.8 Å². The van der Waals surface area contributed by atoms with Gasteiger partial charge in [0, 0.05) is 17.9 Å². The van der Waals surface area contributed by atoms with Crippen LogP contribution in [0.5, 0.6) is 11.5 Å². The summed E-state index contributed by atoms with van der Waals surface area (Å²) in [6.45, 7) is 3.10. The maximum Gasteiger partial charge on any atom is 0.338 e. The van der Waals surface area contributed by atoms with Gasteiger partial charge in [-0.15, -0.1) is 0 Å². The minimum absolute atomic E-state index is 0.115. The number of carbonyl (C=O) groups is 2. The smallest absolute Gasteiger partial charge is 0.338 e. The van der Waals surface area contributed by atoms with Crippen molar-refractivity contribution < 1.29 is 32.7 Å². The molecule has 0 unspecified atom stereocenters. The van der Waals surface area contributed by atoms with E-state index in [2.05, 4.69) is 4.89 Å². The van der Waals surface area contributed by atoms with Crippen LogP contribution in [0.1, 0.15) is 35.9 Å². The maximum atomic E-state index is 12.4. The lowest BCUT2D eigenvalue weighted by atomic mass is 10.1. The Bertz CT molecular complexity index is 1110. The van der Waals surface area contributed by atoms with Crippen LogP contribution in [0.2, 0.25) is 0 Å². The summed E-state index contributed by atoms with van der Waals surface area (Å²) < 4.78 is 22.1. The van der Waals surface area contributed by atoms with Crippen LogP contribution in [-0.4, -0.2) is 37.0 Å². The molecule has 1 saturated heterocycles. The first-order valence-corrected chi connectivity index (χ1v) is 11.0. The molecular weight excluding hydrogens is 434 g/mol. The zero-order valence-electron chi connectivity index (χ0n) is 17.8. The molecular formula is C23H23NO7S. The number of hydrogen-bond donors (Lipinski definition) is 0. The Morgan fingerprint density at radius 2 is 2.00 bits per heavy atom. The molecule has 0 N–H and O–H groups in total. The van der Waals surface area contributed by atoms with Gasteiger partial charge >= 0.3 is 5.97 Å². The van der Waals surface area contributed by atoms with E-state index in [0.717, 1.165) is 23.4 Å². The molecule has 1 amide bonds. The number of hydrogen-bond acceptors (Lipinski definition) is 8. The Kier molecular flexibility index (Phi) is 6.99. The van der Waals surface area contributed by atoms with Gasteiger partial charge in [-0.05, 0) is 55.8 Å². The van der Waals surface area contributed by atoms with Gasteiger partial charge in [-0.1, -0.05) is 0 Å². The van der Waals surface area contributed by atoms with Crippen LogP contribution in [0.15, 0.2) is 51.8 Å². The quantitative estimate of drug-likeness (QED) is 0.190. The highest BCUT2D eigenvalue weighted by Crippen LogP contribution is 2.35. The molecule has 2 aromatic carbocycles. The Morgan fingerprint density at radius 1 is 1.19 bits per heavy atom. The second kappa shape index (κ2) is 10.1. The molecule has 0 spiro atoms. The summed E-state index contributed by atoms with van der Waals surface area (Å²) >= 11 is 1.08. The Labute approximate surface area is 189 Å². The lowest BCUT2D eigenvalue weighted by Gasteiger charge is -2.12. The van der Waals surface area contributed by atoms with Gasteiger partial charge in [-0.3, -0.25) is 4.79 Å². The number of benzene rings is 2. The summed E-state index contributed by atoms with van der Waals surface area (Å²) in [5.41, 5.74) is 0.820. The van der Waals surface area contributed by atoms with Crippen LogP contribution in [0.25, 0.3) is 11.0 Å². The number of fused-ring (bicyclic) bond motifs is 1. The van der Waals surface area contributed by atoms with Crippen molar-refractivity contribution in [3.05, 3.63) is 53.8 Å². The molecule has 0 aliphatic carbocycles. The molecule has 0 atom stereocenters. The molecule has 1 fully saturated rings. The summed E-state index contributed by atoms with van der Waals surface area (Å²) in [4.78, 5) is 31.5. The minimum atomic E-state index is -0.463. The molecule has 3 aromatic rings. The van der Waals surface area contributed by atoms with Crippen LogP contribution >= 0.6 is 12.0 Å². The number of amides is 1. The number of likely N-dealkylation sites (tertiary alicyclic amines) is 1. The average molecular weight is 458 g/mol. The van der Waals surface area contributed by atoms with Crippen LogP contribution in [0.3, 0.4) is 0 Å². The van der Waals surface area contributed by atoms with Crippen LogP contribution in [-0.2, 0) is 25.3 Å². The molecule has 8 nitrogen and oxygen atoms in total. The van der Waals surface area contributed by atoms with E-state index in [1.54, 1.807) is 36.1 Å². The molecule has 2 heterocycles. The zero-order chi connectivity index (χ0) is 22.5. The highest BCUT2D eigenvalue weighted by atomic mass is 32.2. The van der Waals surface area contributed by atoms with Crippen molar-refractivity contribution in [2.75, 3.05) is 20.3 Å². The van der Waals surface area contributed by atoms with Crippen molar-refractivity contribution in [1.82, 2.24) is 4.90 Å². The van der Waals surface area contributed by atoms with Gasteiger partial charge in [-0.2, -0.15) is 4.33 Å². The third-order valence-electron chi connectivity index (χ3n) is 4.93. The molecule has 1 aromatic heterocycles. The van der Waals surface area contributed by atoms with Crippen molar-refractivity contribution in [3.63, 3.8) is 0 Å². The number of furan rings is 1. The van der Waals surface area contributed by atoms with Gasteiger partial charge in [0.2, 0.25) is 5.91 Å². The fraction of sp³-hybridized carbons (Fsp3) is 0.304. The standard InChI is InChI=1S/C23H23NO7S/c1-3-28-23(26)15-11-20(29-16-6-8-18(9-7-16)32-31-27-2)19-13-17(30-21(19)12-15)14-24-10-4-5-22(24)25/h6-9,11-13H,3-5,10,14H2,1-2H3.